The van der Waals surface area contributed by atoms with Crippen LogP contribution in [-0.2, 0) is 22.7 Å². The van der Waals surface area contributed by atoms with Gasteiger partial charge in [-0.15, -0.1) is 0 Å². The van der Waals surface area contributed by atoms with Crippen molar-refractivity contribution in [3.8, 4) is 0 Å². The molecule has 2 saturated heterocycles. The number of para-hydroxylation sites is 1. The second kappa shape index (κ2) is 6.87. The highest BCUT2D eigenvalue weighted by Gasteiger charge is 2.48. The molecular weight excluding hydrogens is 378 g/mol. The van der Waals surface area contributed by atoms with Crippen LogP contribution in [0.4, 0.5) is 4.79 Å². The lowest BCUT2D eigenvalue weighted by atomic mass is 9.87. The molecule has 4 rings (SSSR count). The molecule has 1 aromatic carbocycles. The summed E-state index contributed by atoms with van der Waals surface area (Å²) in [7, 11) is 0. The number of nitrogens with zero attached hydrogens (tertiary/aromatic N) is 3. The second-order valence-corrected chi connectivity index (χ2v) is 7.31. The first kappa shape index (κ1) is 18.9. The Labute approximate surface area is 165 Å². The summed E-state index contributed by atoms with van der Waals surface area (Å²) in [6.07, 6.45) is 0.612. The Kier molecular flexibility index (Phi) is 4.48. The van der Waals surface area contributed by atoms with Crippen molar-refractivity contribution in [2.45, 2.75) is 38.4 Å². The fraction of sp³-hybridized carbons (Fsp3) is 0.421. The van der Waals surface area contributed by atoms with E-state index in [0.29, 0.717) is 23.7 Å². The number of carbonyl (C=O) groups excluding carboxylic acids is 3. The third-order valence-electron chi connectivity index (χ3n) is 5.73. The summed E-state index contributed by atoms with van der Waals surface area (Å²) < 4.78 is 2.43. The summed E-state index contributed by atoms with van der Waals surface area (Å²) in [6.45, 7) is 2.27. The number of rotatable bonds is 3. The van der Waals surface area contributed by atoms with Crippen LogP contribution < -0.4 is 21.9 Å². The van der Waals surface area contributed by atoms with Gasteiger partial charge in [0.15, 0.2) is 0 Å². The molecule has 2 aliphatic heterocycles. The quantitative estimate of drug-likeness (QED) is 0.667. The molecule has 29 heavy (non-hydrogen) atoms. The van der Waals surface area contributed by atoms with Gasteiger partial charge in [0.2, 0.25) is 5.91 Å². The first-order valence-electron chi connectivity index (χ1n) is 9.50. The zero-order valence-electron chi connectivity index (χ0n) is 15.9. The minimum Gasteiger partial charge on any atom is -0.341 e. The molecule has 0 atom stereocenters. The molecule has 10 nitrogen and oxygen atoms in total. The van der Waals surface area contributed by atoms with Crippen LogP contribution >= 0.6 is 0 Å². The third kappa shape index (κ3) is 3.00. The molecule has 0 saturated carbocycles. The summed E-state index contributed by atoms with van der Waals surface area (Å²) in [4.78, 5) is 63.2. The van der Waals surface area contributed by atoms with Crippen LogP contribution in [0.3, 0.4) is 0 Å². The highest BCUT2D eigenvalue weighted by Crippen LogP contribution is 2.25. The average Bonchev–Trinajstić information content (AvgIpc) is 2.98. The van der Waals surface area contributed by atoms with Gasteiger partial charge in [-0.05, 0) is 31.9 Å². The number of aromatic nitrogens is 2. The third-order valence-corrected chi connectivity index (χ3v) is 5.73. The Morgan fingerprint density at radius 3 is 2.38 bits per heavy atom. The van der Waals surface area contributed by atoms with Gasteiger partial charge in [0, 0.05) is 19.6 Å². The molecule has 0 bridgehead atoms. The molecule has 152 valence electrons. The smallest absolute Gasteiger partial charge is 0.331 e. The van der Waals surface area contributed by atoms with E-state index in [1.54, 1.807) is 36.1 Å². The number of nitrogens with one attached hydrogen (secondary N) is 2. The molecule has 10 heteroatoms. The molecule has 2 aliphatic rings. The normalized spacial score (nSPS) is 18.2. The first-order chi connectivity index (χ1) is 13.9. The van der Waals surface area contributed by atoms with E-state index in [-0.39, 0.29) is 43.6 Å². The number of fused-ring (bicyclic) bond motifs is 1. The molecule has 2 N–H and O–H groups in total. The van der Waals surface area contributed by atoms with Gasteiger partial charge in [-0.3, -0.25) is 28.8 Å². The van der Waals surface area contributed by atoms with Crippen molar-refractivity contribution in [2.24, 2.45) is 0 Å². The van der Waals surface area contributed by atoms with E-state index in [1.807, 2.05) is 0 Å². The van der Waals surface area contributed by atoms with Gasteiger partial charge in [-0.1, -0.05) is 12.1 Å². The van der Waals surface area contributed by atoms with Crippen molar-refractivity contribution in [3.05, 3.63) is 45.1 Å². The lowest BCUT2D eigenvalue weighted by Gasteiger charge is -2.37. The molecular formula is C19H21N5O5. The number of benzene rings is 1. The van der Waals surface area contributed by atoms with E-state index in [0.717, 1.165) is 4.57 Å². The van der Waals surface area contributed by atoms with Crippen LogP contribution in [-0.4, -0.2) is 50.5 Å². The summed E-state index contributed by atoms with van der Waals surface area (Å²) in [5.41, 5.74) is -1.45. The van der Waals surface area contributed by atoms with Crippen molar-refractivity contribution < 1.29 is 14.4 Å². The minimum absolute atomic E-state index is 0.203. The van der Waals surface area contributed by atoms with Crippen molar-refractivity contribution >= 4 is 28.7 Å². The predicted molar refractivity (Wildman–Crippen MR) is 103 cm³/mol. The Hall–Kier alpha value is -3.43. The number of piperidine rings is 1. The number of carbonyl (C=O) groups is 3. The van der Waals surface area contributed by atoms with E-state index in [1.165, 1.54) is 4.57 Å². The van der Waals surface area contributed by atoms with Crippen molar-refractivity contribution in [2.75, 3.05) is 13.1 Å². The van der Waals surface area contributed by atoms with Crippen LogP contribution in [0.5, 0.6) is 0 Å². The number of amides is 4. The zero-order valence-corrected chi connectivity index (χ0v) is 15.9. The Morgan fingerprint density at radius 2 is 1.76 bits per heavy atom. The van der Waals surface area contributed by atoms with Crippen molar-refractivity contribution in [1.29, 1.82) is 0 Å². The van der Waals surface area contributed by atoms with Gasteiger partial charge in [0.25, 0.3) is 11.5 Å². The number of imide groups is 1. The van der Waals surface area contributed by atoms with Crippen LogP contribution in [0.2, 0.25) is 0 Å². The predicted octanol–water partition coefficient (Wildman–Crippen LogP) is -0.616. The summed E-state index contributed by atoms with van der Waals surface area (Å²) in [5, 5.41) is 5.27. The number of hydrogen-bond donors (Lipinski definition) is 2. The van der Waals surface area contributed by atoms with Gasteiger partial charge in [0.1, 0.15) is 12.1 Å². The molecule has 1 spiro atoms. The van der Waals surface area contributed by atoms with E-state index in [9.17, 15) is 24.0 Å². The SMILES string of the molecule is CCn1c(=O)c2ccccc2n(CC(=O)N2CCC3(CC2)NC(=O)NC3=O)c1=O. The van der Waals surface area contributed by atoms with Crippen LogP contribution in [0.25, 0.3) is 10.9 Å². The topological polar surface area (TPSA) is 123 Å². The Morgan fingerprint density at radius 1 is 1.07 bits per heavy atom. The maximum atomic E-state index is 12.9. The number of urea groups is 1. The fourth-order valence-electron chi connectivity index (χ4n) is 4.06. The molecule has 1 aromatic heterocycles. The molecule has 2 fully saturated rings. The van der Waals surface area contributed by atoms with E-state index in [4.69, 9.17) is 0 Å². The molecule has 2 aromatic rings. The maximum absolute atomic E-state index is 12.9. The van der Waals surface area contributed by atoms with Crippen LogP contribution in [0.1, 0.15) is 19.8 Å². The molecule has 4 amide bonds. The number of likely N-dealkylation sites (tertiary alicyclic amines) is 1. The zero-order chi connectivity index (χ0) is 20.8. The summed E-state index contributed by atoms with van der Waals surface area (Å²) in [6, 6.07) is 6.19. The molecule has 0 aliphatic carbocycles. The largest absolute Gasteiger partial charge is 0.341 e. The highest BCUT2D eigenvalue weighted by molar-refractivity contribution is 6.07. The van der Waals surface area contributed by atoms with Gasteiger partial charge in [0.05, 0.1) is 10.9 Å². The molecule has 3 heterocycles. The lowest BCUT2D eigenvalue weighted by molar-refractivity contribution is -0.136. The van der Waals surface area contributed by atoms with Gasteiger partial charge in [-0.2, -0.15) is 0 Å². The monoisotopic (exact) mass is 399 g/mol. The first-order valence-corrected chi connectivity index (χ1v) is 9.50. The lowest BCUT2D eigenvalue weighted by Crippen LogP contribution is -2.56. The number of hydrogen-bond acceptors (Lipinski definition) is 5. The molecule has 0 radical (unpaired) electrons. The van der Waals surface area contributed by atoms with Crippen molar-refractivity contribution in [1.82, 2.24) is 24.7 Å². The Balaban J connectivity index is 1.59. The average molecular weight is 399 g/mol. The highest BCUT2D eigenvalue weighted by atomic mass is 16.2. The van der Waals surface area contributed by atoms with E-state index >= 15 is 0 Å². The molecule has 0 unspecified atom stereocenters. The van der Waals surface area contributed by atoms with Crippen molar-refractivity contribution in [3.63, 3.8) is 0 Å². The van der Waals surface area contributed by atoms with Crippen LogP contribution in [0, 0.1) is 0 Å². The van der Waals surface area contributed by atoms with E-state index in [2.05, 4.69) is 10.6 Å². The Bertz CT molecular complexity index is 1140. The minimum atomic E-state index is -0.965. The summed E-state index contributed by atoms with van der Waals surface area (Å²) >= 11 is 0. The van der Waals surface area contributed by atoms with Gasteiger partial charge < -0.3 is 10.2 Å². The van der Waals surface area contributed by atoms with Gasteiger partial charge in [-0.25, -0.2) is 9.59 Å². The fourth-order valence-corrected chi connectivity index (χ4v) is 4.06. The van der Waals surface area contributed by atoms with E-state index < -0.39 is 17.3 Å². The van der Waals surface area contributed by atoms with Gasteiger partial charge >= 0.3 is 11.7 Å². The maximum Gasteiger partial charge on any atom is 0.331 e. The summed E-state index contributed by atoms with van der Waals surface area (Å²) in [5.74, 6) is -0.648. The van der Waals surface area contributed by atoms with Crippen LogP contribution in [0.15, 0.2) is 33.9 Å². The second-order valence-electron chi connectivity index (χ2n) is 7.31. The standard InChI is InChI=1S/C19H21N5O5/c1-2-23-15(26)12-5-3-4-6-13(12)24(18(23)29)11-14(25)22-9-7-19(8-10-22)16(27)20-17(28)21-19/h3-6H,2,7-11H2,1H3,(H2,20,21,27,28).